The summed E-state index contributed by atoms with van der Waals surface area (Å²) in [7, 11) is 0. The highest BCUT2D eigenvalue weighted by Gasteiger charge is 2.35. The molecular weight excluding hydrogens is 226 g/mol. The van der Waals surface area contributed by atoms with Gasteiger partial charge in [-0.25, -0.2) is 0 Å². The second-order valence-corrected chi connectivity index (χ2v) is 4.67. The summed E-state index contributed by atoms with van der Waals surface area (Å²) < 4.78 is 1.88. The van der Waals surface area contributed by atoms with Crippen molar-refractivity contribution in [3.63, 3.8) is 0 Å². The summed E-state index contributed by atoms with van der Waals surface area (Å²) in [5.74, 6) is 0.580. The van der Waals surface area contributed by atoms with Gasteiger partial charge in [0.05, 0.1) is 12.2 Å². The molecule has 2 aromatic rings. The Kier molecular flexibility index (Phi) is 2.16. The van der Waals surface area contributed by atoms with Gasteiger partial charge in [0.25, 0.3) is 0 Å². The van der Waals surface area contributed by atoms with E-state index in [0.717, 1.165) is 16.9 Å². The minimum Gasteiger partial charge on any atom is -0.399 e. The highest BCUT2D eigenvalue weighted by Crippen LogP contribution is 2.36. The van der Waals surface area contributed by atoms with Gasteiger partial charge in [0, 0.05) is 11.9 Å². The van der Waals surface area contributed by atoms with Gasteiger partial charge in [-0.3, -0.25) is 9.67 Å². The van der Waals surface area contributed by atoms with Crippen LogP contribution in [0.4, 0.5) is 5.69 Å². The summed E-state index contributed by atoms with van der Waals surface area (Å²) >= 11 is 0. The van der Waals surface area contributed by atoms with Crippen LogP contribution in [0.25, 0.3) is 0 Å². The molecule has 1 aliphatic rings. The molecule has 0 bridgehead atoms. The lowest BCUT2D eigenvalue weighted by Gasteiger charge is -2.31. The molecule has 92 valence electrons. The SMILES string of the molecule is CC1(c2cccc(N)c2)N=C(N)Cn2nccc21. The number of fused-ring (bicyclic) bond motifs is 1. The fourth-order valence-corrected chi connectivity index (χ4v) is 2.46. The molecule has 5 nitrogen and oxygen atoms in total. The summed E-state index contributed by atoms with van der Waals surface area (Å²) in [4.78, 5) is 4.62. The maximum Gasteiger partial charge on any atom is 0.126 e. The largest absolute Gasteiger partial charge is 0.399 e. The van der Waals surface area contributed by atoms with Gasteiger partial charge in [-0.05, 0) is 30.7 Å². The lowest BCUT2D eigenvalue weighted by molar-refractivity contribution is 0.498. The number of amidine groups is 1. The normalized spacial score (nSPS) is 22.4. The maximum atomic E-state index is 5.92. The summed E-state index contributed by atoms with van der Waals surface area (Å²) in [6, 6.07) is 9.70. The first-order chi connectivity index (χ1) is 8.59. The number of rotatable bonds is 1. The molecule has 1 atom stereocenters. The molecule has 0 saturated heterocycles. The molecule has 1 aromatic carbocycles. The van der Waals surface area contributed by atoms with E-state index in [2.05, 4.69) is 10.1 Å². The zero-order chi connectivity index (χ0) is 12.8. The van der Waals surface area contributed by atoms with Crippen LogP contribution in [0.5, 0.6) is 0 Å². The molecule has 18 heavy (non-hydrogen) atoms. The van der Waals surface area contributed by atoms with E-state index in [9.17, 15) is 0 Å². The number of nitrogens with zero attached hydrogens (tertiary/aromatic N) is 3. The van der Waals surface area contributed by atoms with Crippen molar-refractivity contribution < 1.29 is 0 Å². The number of anilines is 1. The van der Waals surface area contributed by atoms with Gasteiger partial charge in [-0.2, -0.15) is 5.10 Å². The smallest absolute Gasteiger partial charge is 0.126 e. The minimum atomic E-state index is -0.520. The Morgan fingerprint density at radius 3 is 2.89 bits per heavy atom. The van der Waals surface area contributed by atoms with Crippen LogP contribution in [0, 0.1) is 0 Å². The number of aromatic nitrogens is 2. The monoisotopic (exact) mass is 241 g/mol. The first-order valence-electron chi connectivity index (χ1n) is 5.82. The van der Waals surface area contributed by atoms with Crippen molar-refractivity contribution in [2.45, 2.75) is 19.0 Å². The second-order valence-electron chi connectivity index (χ2n) is 4.67. The van der Waals surface area contributed by atoms with Crippen LogP contribution in [0.2, 0.25) is 0 Å². The molecule has 4 N–H and O–H groups in total. The van der Waals surface area contributed by atoms with Crippen LogP contribution in [0.3, 0.4) is 0 Å². The van der Waals surface area contributed by atoms with Crippen molar-refractivity contribution in [3.8, 4) is 0 Å². The van der Waals surface area contributed by atoms with Gasteiger partial charge in [-0.15, -0.1) is 0 Å². The van der Waals surface area contributed by atoms with Gasteiger partial charge in [0.2, 0.25) is 0 Å². The van der Waals surface area contributed by atoms with E-state index in [0.29, 0.717) is 12.4 Å². The van der Waals surface area contributed by atoms with Crippen molar-refractivity contribution in [1.82, 2.24) is 9.78 Å². The molecule has 0 aliphatic carbocycles. The van der Waals surface area contributed by atoms with Crippen LogP contribution in [-0.2, 0) is 12.1 Å². The van der Waals surface area contributed by atoms with Crippen molar-refractivity contribution in [3.05, 3.63) is 47.8 Å². The lowest BCUT2D eigenvalue weighted by atomic mass is 9.88. The van der Waals surface area contributed by atoms with E-state index in [1.54, 1.807) is 6.20 Å². The van der Waals surface area contributed by atoms with Gasteiger partial charge in [0.15, 0.2) is 0 Å². The lowest BCUT2D eigenvalue weighted by Crippen LogP contribution is -2.36. The van der Waals surface area contributed by atoms with E-state index in [1.807, 2.05) is 41.9 Å². The van der Waals surface area contributed by atoms with Crippen molar-refractivity contribution in [2.75, 3.05) is 5.73 Å². The molecular formula is C13H15N5. The molecule has 0 saturated carbocycles. The number of nitrogen functional groups attached to an aromatic ring is 1. The first-order valence-corrected chi connectivity index (χ1v) is 5.82. The quantitative estimate of drug-likeness (QED) is 0.733. The van der Waals surface area contributed by atoms with Crippen molar-refractivity contribution in [2.24, 2.45) is 10.7 Å². The van der Waals surface area contributed by atoms with E-state index in [1.165, 1.54) is 0 Å². The molecule has 3 rings (SSSR count). The highest BCUT2D eigenvalue weighted by atomic mass is 15.3. The molecule has 1 aromatic heterocycles. The first kappa shape index (κ1) is 10.8. The van der Waals surface area contributed by atoms with E-state index >= 15 is 0 Å². The highest BCUT2D eigenvalue weighted by molar-refractivity contribution is 5.82. The molecule has 2 heterocycles. The average molecular weight is 241 g/mol. The third-order valence-electron chi connectivity index (χ3n) is 3.34. The Hall–Kier alpha value is -2.30. The van der Waals surface area contributed by atoms with E-state index in [4.69, 9.17) is 11.5 Å². The summed E-state index contributed by atoms with van der Waals surface area (Å²) in [6.07, 6.45) is 1.77. The van der Waals surface area contributed by atoms with Gasteiger partial charge < -0.3 is 11.5 Å². The van der Waals surface area contributed by atoms with Crippen LogP contribution in [0.15, 0.2) is 41.5 Å². The van der Waals surface area contributed by atoms with Crippen LogP contribution < -0.4 is 11.5 Å². The summed E-state index contributed by atoms with van der Waals surface area (Å²) in [5, 5.41) is 4.28. The van der Waals surface area contributed by atoms with Crippen LogP contribution in [-0.4, -0.2) is 15.6 Å². The Labute approximate surface area is 105 Å². The van der Waals surface area contributed by atoms with Gasteiger partial charge >= 0.3 is 0 Å². The standard InChI is InChI=1S/C13H15N5/c1-13(9-3-2-4-10(14)7-9)11-5-6-16-18(11)8-12(15)17-13/h2-7H,8,14H2,1H3,(H2,15,17). The third-order valence-corrected chi connectivity index (χ3v) is 3.34. The molecule has 1 aliphatic heterocycles. The molecule has 5 heteroatoms. The Balaban J connectivity index is 2.22. The minimum absolute atomic E-state index is 0.520. The number of hydrogen-bond donors (Lipinski definition) is 2. The maximum absolute atomic E-state index is 5.92. The fourth-order valence-electron chi connectivity index (χ4n) is 2.46. The number of aliphatic imine (C=N–C) groups is 1. The summed E-state index contributed by atoms with van der Waals surface area (Å²) in [6.45, 7) is 2.57. The van der Waals surface area contributed by atoms with E-state index in [-0.39, 0.29) is 0 Å². The Morgan fingerprint density at radius 2 is 2.11 bits per heavy atom. The topological polar surface area (TPSA) is 82.2 Å². The van der Waals surface area contributed by atoms with Crippen molar-refractivity contribution in [1.29, 1.82) is 0 Å². The van der Waals surface area contributed by atoms with Gasteiger partial charge in [0.1, 0.15) is 11.4 Å². The average Bonchev–Trinajstić information content (AvgIpc) is 2.77. The van der Waals surface area contributed by atoms with Crippen molar-refractivity contribution >= 4 is 11.5 Å². The zero-order valence-corrected chi connectivity index (χ0v) is 10.2. The second kappa shape index (κ2) is 3.60. The zero-order valence-electron chi connectivity index (χ0n) is 10.2. The molecule has 0 radical (unpaired) electrons. The number of hydrogen-bond acceptors (Lipinski definition) is 4. The summed E-state index contributed by atoms with van der Waals surface area (Å²) in [5.41, 5.74) is 14.0. The van der Waals surface area contributed by atoms with Gasteiger partial charge in [-0.1, -0.05) is 12.1 Å². The Bertz CT molecular complexity index is 628. The van der Waals surface area contributed by atoms with Crippen LogP contribution in [0.1, 0.15) is 18.2 Å². The fraction of sp³-hybridized carbons (Fsp3) is 0.231. The molecule has 1 unspecified atom stereocenters. The predicted molar refractivity (Wildman–Crippen MR) is 71.2 cm³/mol. The molecule has 0 fully saturated rings. The predicted octanol–water partition coefficient (Wildman–Crippen LogP) is 1.10. The van der Waals surface area contributed by atoms with E-state index < -0.39 is 5.54 Å². The van der Waals surface area contributed by atoms with Crippen LogP contribution >= 0.6 is 0 Å². The molecule has 0 amide bonds. The molecule has 0 spiro atoms. The third kappa shape index (κ3) is 1.48. The Morgan fingerprint density at radius 1 is 1.28 bits per heavy atom. The number of benzene rings is 1. The number of nitrogens with two attached hydrogens (primary N) is 2.